The van der Waals surface area contributed by atoms with Gasteiger partial charge in [0.25, 0.3) is 0 Å². The van der Waals surface area contributed by atoms with Gasteiger partial charge in [-0.25, -0.2) is 4.39 Å². The lowest BCUT2D eigenvalue weighted by molar-refractivity contribution is 0.250. The average molecular weight is 296 g/mol. The van der Waals surface area contributed by atoms with Gasteiger partial charge in [0.15, 0.2) is 0 Å². The maximum Gasteiger partial charge on any atom is 0.123 e. The van der Waals surface area contributed by atoms with Crippen molar-refractivity contribution in [2.24, 2.45) is 0 Å². The van der Waals surface area contributed by atoms with E-state index in [9.17, 15) is 4.39 Å². The largest absolute Gasteiger partial charge is 0.291 e. The monoisotopic (exact) mass is 295 g/mol. The first-order chi connectivity index (χ1) is 9.22. The van der Waals surface area contributed by atoms with Crippen molar-refractivity contribution in [3.63, 3.8) is 0 Å². The molecule has 1 nitrogen and oxygen atoms in total. The lowest BCUT2D eigenvalue weighted by atomic mass is 10.0. The van der Waals surface area contributed by atoms with Crippen LogP contribution in [0.4, 0.5) is 4.39 Å². The second kappa shape index (κ2) is 5.61. The Hall–Kier alpha value is -0.900. The van der Waals surface area contributed by atoms with E-state index in [0.717, 1.165) is 29.4 Å². The summed E-state index contributed by atoms with van der Waals surface area (Å²) in [6.07, 6.45) is 2.27. The Kier molecular flexibility index (Phi) is 3.87. The minimum atomic E-state index is -0.150. The SMILES string of the molecule is Fc1cccc([C@H]2CCCN2Cc2ccc(Cl)s2)c1. The molecule has 1 aromatic heterocycles. The predicted molar refractivity (Wildman–Crippen MR) is 78.1 cm³/mol. The number of thiophene rings is 1. The second-order valence-electron chi connectivity index (χ2n) is 4.89. The first-order valence-electron chi connectivity index (χ1n) is 6.46. The molecule has 19 heavy (non-hydrogen) atoms. The molecule has 0 unspecified atom stereocenters. The number of likely N-dealkylation sites (tertiary alicyclic amines) is 1. The topological polar surface area (TPSA) is 3.24 Å². The molecule has 4 heteroatoms. The summed E-state index contributed by atoms with van der Waals surface area (Å²) in [7, 11) is 0. The highest BCUT2D eigenvalue weighted by Gasteiger charge is 2.26. The van der Waals surface area contributed by atoms with Crippen LogP contribution < -0.4 is 0 Å². The molecule has 0 radical (unpaired) electrons. The van der Waals surface area contributed by atoms with E-state index in [2.05, 4.69) is 11.0 Å². The molecule has 2 aromatic rings. The van der Waals surface area contributed by atoms with Crippen LogP contribution in [0.15, 0.2) is 36.4 Å². The van der Waals surface area contributed by atoms with Crippen LogP contribution in [0.25, 0.3) is 0 Å². The van der Waals surface area contributed by atoms with Gasteiger partial charge >= 0.3 is 0 Å². The first-order valence-corrected chi connectivity index (χ1v) is 7.65. The van der Waals surface area contributed by atoms with Gasteiger partial charge in [0.1, 0.15) is 5.82 Å². The van der Waals surface area contributed by atoms with Crippen molar-refractivity contribution < 1.29 is 4.39 Å². The Balaban J connectivity index is 1.78. The Morgan fingerprint density at radius 2 is 2.21 bits per heavy atom. The first kappa shape index (κ1) is 13.1. The smallest absolute Gasteiger partial charge is 0.123 e. The van der Waals surface area contributed by atoms with Crippen molar-refractivity contribution in [3.05, 3.63) is 57.0 Å². The zero-order valence-corrected chi connectivity index (χ0v) is 12.1. The molecule has 0 bridgehead atoms. The standard InChI is InChI=1S/C15H15ClFNS/c16-15-7-6-13(19-15)10-18-8-2-5-14(18)11-3-1-4-12(17)9-11/h1,3-4,6-7,9,14H,2,5,8,10H2/t14-/m1/s1. The highest BCUT2D eigenvalue weighted by molar-refractivity contribution is 7.16. The maximum absolute atomic E-state index is 13.3. The van der Waals surface area contributed by atoms with Crippen LogP contribution >= 0.6 is 22.9 Å². The number of hydrogen-bond donors (Lipinski definition) is 0. The minimum absolute atomic E-state index is 0.150. The van der Waals surface area contributed by atoms with Gasteiger partial charge in [0.2, 0.25) is 0 Å². The Morgan fingerprint density at radius 3 is 2.95 bits per heavy atom. The molecule has 1 aromatic carbocycles. The van der Waals surface area contributed by atoms with Gasteiger partial charge in [-0.2, -0.15) is 0 Å². The molecule has 1 atom stereocenters. The normalized spacial score (nSPS) is 20.0. The van der Waals surface area contributed by atoms with Crippen molar-refractivity contribution in [1.82, 2.24) is 4.90 Å². The summed E-state index contributed by atoms with van der Waals surface area (Å²) < 4.78 is 14.2. The van der Waals surface area contributed by atoms with E-state index >= 15 is 0 Å². The molecule has 1 aliphatic rings. The molecule has 1 saturated heterocycles. The molecule has 100 valence electrons. The van der Waals surface area contributed by atoms with Crippen LogP contribution in [-0.4, -0.2) is 11.4 Å². The zero-order chi connectivity index (χ0) is 13.2. The van der Waals surface area contributed by atoms with Gasteiger partial charge in [-0.05, 0) is 49.2 Å². The fourth-order valence-corrected chi connectivity index (χ4v) is 3.86. The van der Waals surface area contributed by atoms with Crippen LogP contribution in [0.5, 0.6) is 0 Å². The third-order valence-electron chi connectivity index (χ3n) is 3.58. The van der Waals surface area contributed by atoms with Crippen molar-refractivity contribution in [3.8, 4) is 0 Å². The summed E-state index contributed by atoms with van der Waals surface area (Å²) in [5, 5.41) is 0. The number of rotatable bonds is 3. The van der Waals surface area contributed by atoms with Crippen LogP contribution in [-0.2, 0) is 6.54 Å². The van der Waals surface area contributed by atoms with E-state index < -0.39 is 0 Å². The van der Waals surface area contributed by atoms with Crippen molar-refractivity contribution in [1.29, 1.82) is 0 Å². The van der Waals surface area contributed by atoms with Crippen molar-refractivity contribution in [2.75, 3.05) is 6.54 Å². The van der Waals surface area contributed by atoms with E-state index in [0.29, 0.717) is 6.04 Å². The van der Waals surface area contributed by atoms with Crippen LogP contribution in [0.2, 0.25) is 4.34 Å². The molecule has 2 heterocycles. The van der Waals surface area contributed by atoms with Crippen molar-refractivity contribution in [2.45, 2.75) is 25.4 Å². The van der Waals surface area contributed by atoms with Crippen LogP contribution in [0.3, 0.4) is 0 Å². The number of benzene rings is 1. The van der Waals surface area contributed by atoms with Gasteiger partial charge in [-0.15, -0.1) is 11.3 Å². The summed E-state index contributed by atoms with van der Waals surface area (Å²) in [5.74, 6) is -0.150. The van der Waals surface area contributed by atoms with Gasteiger partial charge in [-0.3, -0.25) is 4.90 Å². The van der Waals surface area contributed by atoms with Gasteiger partial charge in [0, 0.05) is 17.5 Å². The predicted octanol–water partition coefficient (Wildman–Crippen LogP) is 4.88. The lowest BCUT2D eigenvalue weighted by Crippen LogP contribution is -2.22. The van der Waals surface area contributed by atoms with Crippen LogP contribution in [0, 0.1) is 5.82 Å². The Morgan fingerprint density at radius 1 is 1.32 bits per heavy atom. The van der Waals surface area contributed by atoms with Crippen molar-refractivity contribution >= 4 is 22.9 Å². The molecular formula is C15H15ClFNS. The van der Waals surface area contributed by atoms with E-state index in [1.54, 1.807) is 23.5 Å². The molecule has 0 amide bonds. The average Bonchev–Trinajstić information content (AvgIpc) is 2.99. The highest BCUT2D eigenvalue weighted by Crippen LogP contribution is 2.34. The van der Waals surface area contributed by atoms with E-state index in [1.807, 2.05) is 12.1 Å². The highest BCUT2D eigenvalue weighted by atomic mass is 35.5. The Labute approximate surface area is 121 Å². The summed E-state index contributed by atoms with van der Waals surface area (Å²) in [6, 6.07) is 11.3. The molecule has 0 spiro atoms. The molecule has 0 saturated carbocycles. The second-order valence-corrected chi connectivity index (χ2v) is 6.69. The van der Waals surface area contributed by atoms with Gasteiger partial charge < -0.3 is 0 Å². The summed E-state index contributed by atoms with van der Waals surface area (Å²) in [5.41, 5.74) is 1.08. The molecular weight excluding hydrogens is 281 g/mol. The molecule has 0 aliphatic carbocycles. The molecule has 0 N–H and O–H groups in total. The van der Waals surface area contributed by atoms with Gasteiger partial charge in [0.05, 0.1) is 4.34 Å². The fourth-order valence-electron chi connectivity index (χ4n) is 2.74. The van der Waals surface area contributed by atoms with Crippen LogP contribution in [0.1, 0.15) is 29.3 Å². The third kappa shape index (κ3) is 2.99. The molecule has 1 fully saturated rings. The maximum atomic E-state index is 13.3. The quantitative estimate of drug-likeness (QED) is 0.780. The van der Waals surface area contributed by atoms with E-state index in [1.165, 1.54) is 17.4 Å². The summed E-state index contributed by atoms with van der Waals surface area (Å²) >= 11 is 7.60. The number of hydrogen-bond acceptors (Lipinski definition) is 2. The summed E-state index contributed by atoms with van der Waals surface area (Å²) in [6.45, 7) is 1.97. The number of nitrogens with zero attached hydrogens (tertiary/aromatic N) is 1. The summed E-state index contributed by atoms with van der Waals surface area (Å²) in [4.78, 5) is 3.69. The molecule has 3 rings (SSSR count). The minimum Gasteiger partial charge on any atom is -0.291 e. The van der Waals surface area contributed by atoms with E-state index in [4.69, 9.17) is 11.6 Å². The Bertz CT molecular complexity index is 569. The fraction of sp³-hybridized carbons (Fsp3) is 0.333. The van der Waals surface area contributed by atoms with Gasteiger partial charge in [-0.1, -0.05) is 23.7 Å². The zero-order valence-electron chi connectivity index (χ0n) is 10.5. The lowest BCUT2D eigenvalue weighted by Gasteiger charge is -2.24. The van der Waals surface area contributed by atoms with E-state index in [-0.39, 0.29) is 5.82 Å². The third-order valence-corrected chi connectivity index (χ3v) is 4.80. The molecule has 1 aliphatic heterocycles. The number of halogens is 2.